The molecule has 0 atom stereocenters. The molecule has 0 saturated carbocycles. The zero-order valence-electron chi connectivity index (χ0n) is 19.8. The SMILES string of the molecule is CSc1nc(C)cc(=O)n1-c1ccc(Cl)cc1.Cc1cc(=O)n(-c2ccc(Cl)cc2)c(S(C)(=O)=O)n1. The summed E-state index contributed by atoms with van der Waals surface area (Å²) in [5, 5.41) is 1.54. The van der Waals surface area contributed by atoms with Crippen molar-refractivity contribution in [3.63, 3.8) is 0 Å². The molecule has 8 nitrogen and oxygen atoms in total. The third-order valence-electron chi connectivity index (χ3n) is 4.72. The monoisotopic (exact) mass is 564 g/mol. The minimum Gasteiger partial charge on any atom is -0.269 e. The fraction of sp³-hybridized carbons (Fsp3) is 0.167. The van der Waals surface area contributed by atoms with E-state index in [1.807, 2.05) is 13.2 Å². The highest BCUT2D eigenvalue weighted by molar-refractivity contribution is 7.98. The number of hydrogen-bond acceptors (Lipinski definition) is 7. The summed E-state index contributed by atoms with van der Waals surface area (Å²) in [6.45, 7) is 3.38. The van der Waals surface area contributed by atoms with E-state index in [2.05, 4.69) is 9.97 Å². The third kappa shape index (κ3) is 6.64. The second kappa shape index (κ2) is 11.4. The molecule has 0 spiro atoms. The number of thioether (sulfide) groups is 1. The topological polar surface area (TPSA) is 104 Å². The minimum atomic E-state index is -3.62. The van der Waals surface area contributed by atoms with E-state index in [0.29, 0.717) is 26.6 Å². The molecule has 12 heteroatoms. The second-order valence-electron chi connectivity index (χ2n) is 7.64. The van der Waals surface area contributed by atoms with Crippen LogP contribution in [0, 0.1) is 13.8 Å². The van der Waals surface area contributed by atoms with Crippen LogP contribution in [0.15, 0.2) is 80.6 Å². The first-order chi connectivity index (χ1) is 16.9. The molecule has 36 heavy (non-hydrogen) atoms. The van der Waals surface area contributed by atoms with E-state index >= 15 is 0 Å². The average Bonchev–Trinajstić information content (AvgIpc) is 2.80. The Balaban J connectivity index is 0.000000202. The van der Waals surface area contributed by atoms with Gasteiger partial charge in [0.2, 0.25) is 15.0 Å². The van der Waals surface area contributed by atoms with Gasteiger partial charge in [0.05, 0.1) is 11.4 Å². The lowest BCUT2D eigenvalue weighted by Crippen LogP contribution is -2.25. The van der Waals surface area contributed by atoms with Crippen LogP contribution in [-0.4, -0.2) is 40.0 Å². The molecule has 2 aromatic carbocycles. The maximum Gasteiger partial charge on any atom is 0.259 e. The van der Waals surface area contributed by atoms with Crippen LogP contribution in [0.2, 0.25) is 10.0 Å². The van der Waals surface area contributed by atoms with Gasteiger partial charge in [-0.1, -0.05) is 35.0 Å². The van der Waals surface area contributed by atoms with Crippen molar-refractivity contribution in [2.75, 3.05) is 12.5 Å². The fourth-order valence-corrected chi connectivity index (χ4v) is 4.88. The maximum absolute atomic E-state index is 12.0. The maximum atomic E-state index is 12.0. The fourth-order valence-electron chi connectivity index (χ4n) is 3.18. The van der Waals surface area contributed by atoms with Gasteiger partial charge in [-0.15, -0.1) is 0 Å². The van der Waals surface area contributed by atoms with Crippen LogP contribution < -0.4 is 11.1 Å². The van der Waals surface area contributed by atoms with Gasteiger partial charge in [0.25, 0.3) is 11.1 Å². The van der Waals surface area contributed by atoms with E-state index in [4.69, 9.17) is 23.2 Å². The van der Waals surface area contributed by atoms with Crippen LogP contribution >= 0.6 is 35.0 Å². The lowest BCUT2D eigenvalue weighted by Gasteiger charge is -2.11. The highest BCUT2D eigenvalue weighted by atomic mass is 35.5. The van der Waals surface area contributed by atoms with Crippen molar-refractivity contribution in [1.82, 2.24) is 19.1 Å². The predicted molar refractivity (Wildman–Crippen MR) is 144 cm³/mol. The zero-order valence-corrected chi connectivity index (χ0v) is 22.9. The molecule has 188 valence electrons. The van der Waals surface area contributed by atoms with E-state index in [1.54, 1.807) is 60.0 Å². The van der Waals surface area contributed by atoms with E-state index < -0.39 is 15.4 Å². The van der Waals surface area contributed by atoms with Crippen molar-refractivity contribution in [3.8, 4) is 11.4 Å². The van der Waals surface area contributed by atoms with Crippen molar-refractivity contribution in [2.45, 2.75) is 24.2 Å². The standard InChI is InChI=1S/C12H11ClN2O3S.C12H11ClN2OS/c1-8-7-11(16)15(12(14-8)19(2,17)18)10-5-3-9(13)4-6-10;1-8-7-11(16)15(12(14-8)17-2)10-5-3-9(13)4-6-10/h3-7H,1-2H3;3-7H,1-2H3. The normalized spacial score (nSPS) is 11.1. The van der Waals surface area contributed by atoms with E-state index in [9.17, 15) is 18.0 Å². The second-order valence-corrected chi connectivity index (χ2v) is 11.2. The Bertz CT molecular complexity index is 1620. The van der Waals surface area contributed by atoms with Crippen molar-refractivity contribution in [3.05, 3.63) is 103 Å². The van der Waals surface area contributed by atoms with Crippen LogP contribution in [0.3, 0.4) is 0 Å². The molecule has 0 unspecified atom stereocenters. The molecule has 0 aliphatic rings. The highest BCUT2D eigenvalue weighted by Crippen LogP contribution is 2.18. The molecule has 4 rings (SSSR count). The lowest BCUT2D eigenvalue weighted by molar-refractivity contribution is 0.583. The number of aromatic nitrogens is 4. The summed E-state index contributed by atoms with van der Waals surface area (Å²) >= 11 is 13.0. The minimum absolute atomic E-state index is 0.0795. The summed E-state index contributed by atoms with van der Waals surface area (Å²) in [6.07, 6.45) is 2.91. The summed E-state index contributed by atoms with van der Waals surface area (Å²) in [6, 6.07) is 16.2. The van der Waals surface area contributed by atoms with Gasteiger partial charge in [-0.3, -0.25) is 18.7 Å². The van der Waals surface area contributed by atoms with Gasteiger partial charge in [-0.05, 0) is 68.6 Å². The largest absolute Gasteiger partial charge is 0.269 e. The van der Waals surface area contributed by atoms with Gasteiger partial charge >= 0.3 is 0 Å². The summed E-state index contributed by atoms with van der Waals surface area (Å²) in [5.41, 5.74) is 1.73. The van der Waals surface area contributed by atoms with Gasteiger partial charge in [0.15, 0.2) is 5.16 Å². The first-order valence-corrected chi connectivity index (χ1v) is 14.2. The number of nitrogens with zero attached hydrogens (tertiary/aromatic N) is 4. The van der Waals surface area contributed by atoms with E-state index in [1.165, 1.54) is 23.9 Å². The van der Waals surface area contributed by atoms with Gasteiger partial charge in [0, 0.05) is 39.8 Å². The summed E-state index contributed by atoms with van der Waals surface area (Å²) in [7, 11) is -3.62. The molecule has 2 aromatic heterocycles. The Morgan fingerprint density at radius 2 is 1.17 bits per heavy atom. The number of rotatable bonds is 4. The molecule has 0 bridgehead atoms. The Labute approximate surface area is 222 Å². The first-order valence-electron chi connectivity index (χ1n) is 10.4. The van der Waals surface area contributed by atoms with Crippen molar-refractivity contribution in [1.29, 1.82) is 0 Å². The molecule has 4 aromatic rings. The van der Waals surface area contributed by atoms with Crippen LogP contribution in [0.25, 0.3) is 11.4 Å². The van der Waals surface area contributed by atoms with E-state index in [0.717, 1.165) is 22.2 Å². The Morgan fingerprint density at radius 3 is 1.61 bits per heavy atom. The summed E-state index contributed by atoms with van der Waals surface area (Å²) < 4.78 is 26.1. The summed E-state index contributed by atoms with van der Waals surface area (Å²) in [5.74, 6) is 0. The average molecular weight is 566 g/mol. The smallest absolute Gasteiger partial charge is 0.259 e. The zero-order chi connectivity index (χ0) is 26.6. The van der Waals surface area contributed by atoms with Crippen molar-refractivity contribution >= 4 is 44.8 Å². The Hall–Kier alpha value is -2.92. The van der Waals surface area contributed by atoms with Crippen LogP contribution in [0.1, 0.15) is 11.4 Å². The third-order valence-corrected chi connectivity index (χ3v) is 6.80. The predicted octanol–water partition coefficient (Wildman–Crippen LogP) is 4.51. The molecule has 0 aliphatic carbocycles. The number of hydrogen-bond donors (Lipinski definition) is 0. The molecule has 0 amide bonds. The lowest BCUT2D eigenvalue weighted by atomic mass is 10.3. The quantitative estimate of drug-likeness (QED) is 0.265. The first kappa shape index (κ1) is 27.7. The van der Waals surface area contributed by atoms with Crippen molar-refractivity contribution < 1.29 is 8.42 Å². The summed E-state index contributed by atoms with van der Waals surface area (Å²) in [4.78, 5) is 32.3. The molecular weight excluding hydrogens is 543 g/mol. The number of sulfone groups is 1. The van der Waals surface area contributed by atoms with Crippen LogP contribution in [-0.2, 0) is 9.84 Å². The number of aryl methyl sites for hydroxylation is 2. The molecule has 0 N–H and O–H groups in total. The molecule has 0 saturated heterocycles. The number of benzene rings is 2. The highest BCUT2D eigenvalue weighted by Gasteiger charge is 2.18. The molecular formula is C24H22Cl2N4O4S2. The molecule has 0 aliphatic heterocycles. The molecule has 0 radical (unpaired) electrons. The molecule has 0 fully saturated rings. The van der Waals surface area contributed by atoms with Crippen LogP contribution in [0.5, 0.6) is 0 Å². The van der Waals surface area contributed by atoms with Crippen molar-refractivity contribution in [2.24, 2.45) is 0 Å². The van der Waals surface area contributed by atoms with Gasteiger partial charge in [-0.2, -0.15) is 0 Å². The molecule has 2 heterocycles. The van der Waals surface area contributed by atoms with Crippen LogP contribution in [0.4, 0.5) is 0 Å². The number of halogens is 2. The Kier molecular flexibility index (Phi) is 8.78. The van der Waals surface area contributed by atoms with Gasteiger partial charge in [-0.25, -0.2) is 18.4 Å². The van der Waals surface area contributed by atoms with E-state index in [-0.39, 0.29) is 10.7 Å². The van der Waals surface area contributed by atoms with Gasteiger partial charge < -0.3 is 0 Å². The Morgan fingerprint density at radius 1 is 0.750 bits per heavy atom. The van der Waals surface area contributed by atoms with Gasteiger partial charge in [0.1, 0.15) is 0 Å².